The number of rotatable bonds is 3. The Bertz CT molecular complexity index is 863. The Morgan fingerprint density at radius 1 is 1.08 bits per heavy atom. The number of nitriles is 1. The average Bonchev–Trinajstić information content (AvgIpc) is 2.86. The number of nitrogens with one attached hydrogen (secondary N) is 1. The van der Waals surface area contributed by atoms with E-state index in [2.05, 4.69) is 5.32 Å². The molecular weight excluding hydrogens is 306 g/mol. The van der Waals surface area contributed by atoms with Crippen LogP contribution in [0.5, 0.6) is 0 Å². The minimum Gasteiger partial charge on any atom is -0.324 e. The summed E-state index contributed by atoms with van der Waals surface area (Å²) in [6.45, 7) is 1.49. The van der Waals surface area contributed by atoms with Gasteiger partial charge >= 0.3 is 0 Å². The van der Waals surface area contributed by atoms with Crippen LogP contribution in [0.15, 0.2) is 48.5 Å². The normalized spacial score (nSPS) is 14.1. The zero-order chi connectivity index (χ0) is 17.3. The maximum Gasteiger partial charge on any atom is 0.262 e. The molecule has 0 unspecified atom stereocenters. The van der Waals surface area contributed by atoms with Crippen LogP contribution < -0.4 is 5.32 Å². The largest absolute Gasteiger partial charge is 0.324 e. The fraction of sp³-hybridized carbons (Fsp3) is 0.111. The van der Waals surface area contributed by atoms with Gasteiger partial charge in [0, 0.05) is 5.69 Å². The molecular formula is C18H13N3O3. The summed E-state index contributed by atoms with van der Waals surface area (Å²) in [5.74, 6) is -1.47. The number of amides is 3. The van der Waals surface area contributed by atoms with E-state index in [1.165, 1.54) is 13.0 Å². The van der Waals surface area contributed by atoms with Crippen molar-refractivity contribution in [2.45, 2.75) is 13.0 Å². The van der Waals surface area contributed by atoms with Gasteiger partial charge in [-0.25, -0.2) is 0 Å². The second-order valence-corrected chi connectivity index (χ2v) is 5.38. The number of anilines is 1. The molecule has 3 amide bonds. The van der Waals surface area contributed by atoms with E-state index in [-0.39, 0.29) is 0 Å². The third-order valence-electron chi connectivity index (χ3n) is 3.85. The summed E-state index contributed by atoms with van der Waals surface area (Å²) in [6.07, 6.45) is 0. The van der Waals surface area contributed by atoms with Crippen LogP contribution in [0.1, 0.15) is 33.2 Å². The molecule has 118 valence electrons. The molecule has 0 aromatic heterocycles. The molecule has 1 atom stereocenters. The first-order valence-corrected chi connectivity index (χ1v) is 7.31. The summed E-state index contributed by atoms with van der Waals surface area (Å²) < 4.78 is 0. The highest BCUT2D eigenvalue weighted by atomic mass is 16.2. The molecule has 0 bridgehead atoms. The van der Waals surface area contributed by atoms with Crippen molar-refractivity contribution in [1.82, 2.24) is 4.90 Å². The second-order valence-electron chi connectivity index (χ2n) is 5.38. The van der Waals surface area contributed by atoms with E-state index in [0.29, 0.717) is 22.4 Å². The predicted molar refractivity (Wildman–Crippen MR) is 86.2 cm³/mol. The molecule has 0 radical (unpaired) electrons. The molecule has 0 saturated carbocycles. The molecule has 3 rings (SSSR count). The van der Waals surface area contributed by atoms with Crippen molar-refractivity contribution in [1.29, 1.82) is 5.26 Å². The van der Waals surface area contributed by atoms with Gasteiger partial charge in [0.15, 0.2) is 0 Å². The van der Waals surface area contributed by atoms with E-state index in [1.54, 1.807) is 42.5 Å². The number of carbonyl (C=O) groups excluding carboxylic acids is 3. The van der Waals surface area contributed by atoms with Gasteiger partial charge in [-0.3, -0.25) is 19.3 Å². The van der Waals surface area contributed by atoms with Gasteiger partial charge in [-0.05, 0) is 37.3 Å². The molecule has 0 aliphatic carbocycles. The lowest BCUT2D eigenvalue weighted by atomic mass is 10.1. The molecule has 1 N–H and O–H groups in total. The van der Waals surface area contributed by atoms with E-state index in [0.717, 1.165) is 4.90 Å². The van der Waals surface area contributed by atoms with Gasteiger partial charge in [-0.2, -0.15) is 5.26 Å². The number of carbonyl (C=O) groups is 3. The minimum atomic E-state index is -0.969. The molecule has 6 nitrogen and oxygen atoms in total. The van der Waals surface area contributed by atoms with E-state index in [9.17, 15) is 14.4 Å². The third-order valence-corrected chi connectivity index (χ3v) is 3.85. The quantitative estimate of drug-likeness (QED) is 0.878. The van der Waals surface area contributed by atoms with Crippen molar-refractivity contribution >= 4 is 23.4 Å². The number of hydrogen-bond donors (Lipinski definition) is 1. The van der Waals surface area contributed by atoms with Crippen molar-refractivity contribution in [3.8, 4) is 6.07 Å². The molecule has 0 spiro atoms. The van der Waals surface area contributed by atoms with Crippen molar-refractivity contribution in [2.24, 2.45) is 0 Å². The average molecular weight is 319 g/mol. The fourth-order valence-electron chi connectivity index (χ4n) is 2.59. The first-order chi connectivity index (χ1) is 11.5. The smallest absolute Gasteiger partial charge is 0.262 e. The zero-order valence-electron chi connectivity index (χ0n) is 12.8. The number of nitrogens with zero attached hydrogens (tertiary/aromatic N) is 2. The molecule has 0 fully saturated rings. The predicted octanol–water partition coefficient (Wildman–Crippen LogP) is 2.18. The topological polar surface area (TPSA) is 90.3 Å². The Morgan fingerprint density at radius 2 is 1.71 bits per heavy atom. The van der Waals surface area contributed by atoms with Crippen molar-refractivity contribution in [3.63, 3.8) is 0 Å². The summed E-state index contributed by atoms with van der Waals surface area (Å²) in [6, 6.07) is 13.9. The van der Waals surface area contributed by atoms with Gasteiger partial charge in [0.2, 0.25) is 5.91 Å². The summed E-state index contributed by atoms with van der Waals surface area (Å²) in [5, 5.41) is 11.5. The summed E-state index contributed by atoms with van der Waals surface area (Å²) in [5.41, 5.74) is 1.44. The highest BCUT2D eigenvalue weighted by Crippen LogP contribution is 2.25. The number of imide groups is 1. The van der Waals surface area contributed by atoms with Gasteiger partial charge in [0.05, 0.1) is 22.8 Å². The zero-order valence-corrected chi connectivity index (χ0v) is 12.8. The second kappa shape index (κ2) is 5.97. The molecule has 24 heavy (non-hydrogen) atoms. The Morgan fingerprint density at radius 3 is 2.29 bits per heavy atom. The molecule has 2 aromatic rings. The lowest BCUT2D eigenvalue weighted by Gasteiger charge is -2.21. The van der Waals surface area contributed by atoms with E-state index < -0.39 is 23.8 Å². The number of fused-ring (bicyclic) bond motifs is 1. The first-order valence-electron chi connectivity index (χ1n) is 7.31. The summed E-state index contributed by atoms with van der Waals surface area (Å²) >= 11 is 0. The SMILES string of the molecule is C[C@H](C(=O)Nc1cccc(C#N)c1)N1C(=O)c2ccccc2C1=O. The van der Waals surface area contributed by atoms with Crippen LogP contribution in [0.3, 0.4) is 0 Å². The summed E-state index contributed by atoms with van der Waals surface area (Å²) in [4.78, 5) is 38.1. The summed E-state index contributed by atoms with van der Waals surface area (Å²) in [7, 11) is 0. The molecule has 0 saturated heterocycles. The highest BCUT2D eigenvalue weighted by molar-refractivity contribution is 6.23. The van der Waals surface area contributed by atoms with Crippen LogP contribution in [0.4, 0.5) is 5.69 Å². The van der Waals surface area contributed by atoms with Crippen LogP contribution >= 0.6 is 0 Å². The van der Waals surface area contributed by atoms with Crippen LogP contribution in [-0.4, -0.2) is 28.7 Å². The van der Waals surface area contributed by atoms with Gasteiger partial charge < -0.3 is 5.32 Å². The maximum absolute atomic E-state index is 12.4. The Hall–Kier alpha value is -3.46. The van der Waals surface area contributed by atoms with Gasteiger partial charge in [-0.15, -0.1) is 0 Å². The van der Waals surface area contributed by atoms with Gasteiger partial charge in [-0.1, -0.05) is 18.2 Å². The monoisotopic (exact) mass is 319 g/mol. The van der Waals surface area contributed by atoms with Crippen LogP contribution in [0, 0.1) is 11.3 Å². The van der Waals surface area contributed by atoms with E-state index in [4.69, 9.17) is 5.26 Å². The lowest BCUT2D eigenvalue weighted by molar-refractivity contribution is -0.119. The maximum atomic E-state index is 12.4. The molecule has 2 aromatic carbocycles. The standard InChI is InChI=1S/C18H13N3O3/c1-11(16(22)20-13-6-4-5-12(9-13)10-19)21-17(23)14-7-2-3-8-15(14)18(21)24/h2-9,11H,1H3,(H,20,22)/t11-/m1/s1. The van der Waals surface area contributed by atoms with Crippen molar-refractivity contribution < 1.29 is 14.4 Å². The van der Waals surface area contributed by atoms with Crippen LogP contribution in [-0.2, 0) is 4.79 Å². The molecule has 1 heterocycles. The van der Waals surface area contributed by atoms with Crippen molar-refractivity contribution in [2.75, 3.05) is 5.32 Å². The van der Waals surface area contributed by atoms with Gasteiger partial charge in [0.25, 0.3) is 11.8 Å². The first kappa shape index (κ1) is 15.4. The van der Waals surface area contributed by atoms with Gasteiger partial charge in [0.1, 0.15) is 6.04 Å². The van der Waals surface area contributed by atoms with E-state index >= 15 is 0 Å². The fourth-order valence-corrected chi connectivity index (χ4v) is 2.59. The Kier molecular flexibility index (Phi) is 3.84. The number of benzene rings is 2. The molecule has 6 heteroatoms. The van der Waals surface area contributed by atoms with Crippen LogP contribution in [0.25, 0.3) is 0 Å². The van der Waals surface area contributed by atoms with E-state index in [1.807, 2.05) is 6.07 Å². The third kappa shape index (κ3) is 2.52. The Labute approximate surface area is 138 Å². The molecule has 1 aliphatic rings. The van der Waals surface area contributed by atoms with Crippen LogP contribution in [0.2, 0.25) is 0 Å². The highest BCUT2D eigenvalue weighted by Gasteiger charge is 2.40. The Balaban J connectivity index is 1.81. The molecule has 1 aliphatic heterocycles. The number of hydrogen-bond acceptors (Lipinski definition) is 4. The lowest BCUT2D eigenvalue weighted by Crippen LogP contribution is -2.45. The minimum absolute atomic E-state index is 0.300. The van der Waals surface area contributed by atoms with Crippen molar-refractivity contribution in [3.05, 3.63) is 65.2 Å².